The summed E-state index contributed by atoms with van der Waals surface area (Å²) in [5.41, 5.74) is 0.778. The topological polar surface area (TPSA) is 78.6 Å². The third-order valence-corrected chi connectivity index (χ3v) is 3.34. The highest BCUT2D eigenvalue weighted by Crippen LogP contribution is 2.23. The number of nitro benzene ring substituents is 1. The molecule has 0 aromatic heterocycles. The fourth-order valence-electron chi connectivity index (χ4n) is 1.59. The van der Waals surface area contributed by atoms with E-state index in [1.54, 1.807) is 17.8 Å². The number of nitro groups is 1. The maximum atomic E-state index is 11.6. The normalized spacial score (nSPS) is 10.8. The summed E-state index contributed by atoms with van der Waals surface area (Å²) in [4.78, 5) is 15.4. The highest BCUT2D eigenvalue weighted by atomic mass is 32.2. The van der Waals surface area contributed by atoms with Gasteiger partial charge in [-0.25, -0.2) is 0 Å². The number of aliphatic imine (C=N–C) groups is 1. The molecule has 2 aromatic rings. The van der Waals surface area contributed by atoms with Crippen LogP contribution in [-0.4, -0.2) is 17.4 Å². The molecule has 0 heterocycles. The molecule has 0 unspecified atom stereocenters. The van der Waals surface area contributed by atoms with E-state index in [1.807, 2.05) is 24.5 Å². The summed E-state index contributed by atoms with van der Waals surface area (Å²) in [6.07, 6.45) is 3.31. The van der Waals surface area contributed by atoms with E-state index in [-0.39, 0.29) is 17.0 Å². The second-order valence-corrected chi connectivity index (χ2v) is 4.82. The monoisotopic (exact) mass is 287 g/mol. The van der Waals surface area contributed by atoms with Crippen LogP contribution in [-0.2, 0) is 0 Å². The number of nitrogens with zero attached hydrogens (tertiary/aromatic N) is 2. The maximum Gasteiger partial charge on any atom is 0.270 e. The molecule has 0 atom stereocenters. The Balaban J connectivity index is 2.30. The lowest BCUT2D eigenvalue weighted by molar-refractivity contribution is -0.385. The highest BCUT2D eigenvalue weighted by Gasteiger charge is 2.05. The molecule has 0 amide bonds. The maximum absolute atomic E-state index is 11.6. The molecular weight excluding hydrogens is 276 g/mol. The van der Waals surface area contributed by atoms with Gasteiger partial charge in [-0.15, -0.1) is 11.8 Å². The summed E-state index contributed by atoms with van der Waals surface area (Å²) < 4.78 is 0. The Hall–Kier alpha value is -2.34. The van der Waals surface area contributed by atoms with E-state index >= 15 is 0 Å². The molecule has 20 heavy (non-hydrogen) atoms. The van der Waals surface area contributed by atoms with Gasteiger partial charge in [0.05, 0.1) is 10.6 Å². The predicted octanol–water partition coefficient (Wildman–Crippen LogP) is 3.14. The summed E-state index contributed by atoms with van der Waals surface area (Å²) in [7, 11) is 0. The smallest absolute Gasteiger partial charge is 0.270 e. The Morgan fingerprint density at radius 2 is 2.05 bits per heavy atom. The first-order valence-electron chi connectivity index (χ1n) is 5.74. The molecule has 2 rings (SSSR count). The van der Waals surface area contributed by atoms with Gasteiger partial charge in [0.15, 0.2) is 0 Å². The van der Waals surface area contributed by atoms with Crippen molar-refractivity contribution in [1.82, 2.24) is 0 Å². The molecule has 0 saturated carbocycles. The second-order valence-electron chi connectivity index (χ2n) is 3.94. The van der Waals surface area contributed by atoms with Gasteiger partial charge >= 0.3 is 0 Å². The van der Waals surface area contributed by atoms with Gasteiger partial charge in [-0.3, -0.25) is 15.1 Å². The molecule has 0 fully saturated rings. The number of non-ortho nitro benzene ring substituents is 1. The number of hydrogen-bond donors (Lipinski definition) is 0. The van der Waals surface area contributed by atoms with Gasteiger partial charge in [-0.1, -0.05) is 17.9 Å². The molecule has 5 nitrogen and oxygen atoms in total. The van der Waals surface area contributed by atoms with E-state index < -0.39 is 4.92 Å². The number of hydrogen-bond acceptors (Lipinski definition) is 5. The van der Waals surface area contributed by atoms with Crippen LogP contribution in [0.3, 0.4) is 0 Å². The van der Waals surface area contributed by atoms with E-state index in [9.17, 15) is 15.2 Å². The Bertz CT molecular complexity index is 671. The Morgan fingerprint density at radius 1 is 1.25 bits per heavy atom. The van der Waals surface area contributed by atoms with Gasteiger partial charge in [0.25, 0.3) is 5.69 Å². The van der Waals surface area contributed by atoms with E-state index in [0.717, 1.165) is 4.90 Å². The van der Waals surface area contributed by atoms with Gasteiger partial charge in [0.2, 0.25) is 0 Å². The van der Waals surface area contributed by atoms with E-state index in [1.165, 1.54) is 24.4 Å². The molecule has 0 spiro atoms. The third-order valence-electron chi connectivity index (χ3n) is 2.61. The lowest BCUT2D eigenvalue weighted by Crippen LogP contribution is -1.98. The van der Waals surface area contributed by atoms with Gasteiger partial charge in [0.1, 0.15) is 0 Å². The molecule has 0 aliphatic heterocycles. The van der Waals surface area contributed by atoms with Crippen LogP contribution in [0.2, 0.25) is 0 Å². The number of benzene rings is 2. The third kappa shape index (κ3) is 3.36. The summed E-state index contributed by atoms with van der Waals surface area (Å²) in [6.45, 7) is 0. The van der Waals surface area contributed by atoms with E-state index in [2.05, 4.69) is 4.99 Å². The molecule has 0 N–H and O–H groups in total. The summed E-state index contributed by atoms with van der Waals surface area (Å²) in [5, 5.41) is 22.3. The lowest BCUT2D eigenvalue weighted by atomic mass is 10.2. The number of thioether (sulfide) groups is 1. The van der Waals surface area contributed by atoms with Crippen molar-refractivity contribution >= 4 is 29.4 Å². The van der Waals surface area contributed by atoms with Crippen molar-refractivity contribution in [2.45, 2.75) is 4.90 Å². The van der Waals surface area contributed by atoms with Crippen LogP contribution in [0, 0.1) is 10.1 Å². The largest absolute Gasteiger partial charge is 0.872 e. The molecular formula is C14H11N2O3S-. The zero-order valence-electron chi connectivity index (χ0n) is 10.6. The molecule has 0 bridgehead atoms. The van der Waals surface area contributed by atoms with Crippen molar-refractivity contribution in [3.63, 3.8) is 0 Å². The Kier molecular flexibility index (Phi) is 4.37. The van der Waals surface area contributed by atoms with Crippen LogP contribution in [0.5, 0.6) is 5.75 Å². The molecule has 2 aromatic carbocycles. The van der Waals surface area contributed by atoms with Crippen molar-refractivity contribution in [2.24, 2.45) is 4.99 Å². The van der Waals surface area contributed by atoms with Crippen LogP contribution >= 0.6 is 11.8 Å². The SMILES string of the molecule is CSc1cccc(N=Cc2cc([N+](=O)[O-])ccc2[O-])c1. The van der Waals surface area contributed by atoms with E-state index in [0.29, 0.717) is 5.69 Å². The van der Waals surface area contributed by atoms with Crippen molar-refractivity contribution in [1.29, 1.82) is 0 Å². The molecule has 6 heteroatoms. The van der Waals surface area contributed by atoms with Gasteiger partial charge < -0.3 is 5.11 Å². The number of rotatable bonds is 4. The van der Waals surface area contributed by atoms with Gasteiger partial charge in [-0.2, -0.15) is 0 Å². The van der Waals surface area contributed by atoms with E-state index in [4.69, 9.17) is 0 Å². The van der Waals surface area contributed by atoms with Crippen LogP contribution in [0.25, 0.3) is 0 Å². The Labute approximate surface area is 120 Å². The minimum absolute atomic E-state index is 0.121. The van der Waals surface area contributed by atoms with Crippen LogP contribution in [0.15, 0.2) is 52.4 Å². The zero-order valence-corrected chi connectivity index (χ0v) is 11.5. The second kappa shape index (κ2) is 6.21. The Morgan fingerprint density at radius 3 is 2.75 bits per heavy atom. The fraction of sp³-hybridized carbons (Fsp3) is 0.0714. The molecule has 0 saturated heterocycles. The quantitative estimate of drug-likeness (QED) is 0.374. The molecule has 0 aliphatic rings. The molecule has 0 aliphatic carbocycles. The van der Waals surface area contributed by atoms with Crippen molar-refractivity contribution in [2.75, 3.05) is 6.26 Å². The standard InChI is InChI=1S/C14H12N2O3S/c1-20-13-4-2-3-11(8-13)15-9-10-7-12(16(18)19)5-6-14(10)17/h2-9,17H,1H3/p-1. The lowest BCUT2D eigenvalue weighted by Gasteiger charge is -2.08. The average Bonchev–Trinajstić information content (AvgIpc) is 2.46. The first kappa shape index (κ1) is 14.1. The minimum Gasteiger partial charge on any atom is -0.872 e. The first-order chi connectivity index (χ1) is 9.60. The highest BCUT2D eigenvalue weighted by molar-refractivity contribution is 7.98. The van der Waals surface area contributed by atoms with Gasteiger partial charge in [-0.05, 0) is 30.0 Å². The average molecular weight is 287 g/mol. The summed E-state index contributed by atoms with van der Waals surface area (Å²) in [5.74, 6) is -0.291. The summed E-state index contributed by atoms with van der Waals surface area (Å²) >= 11 is 1.59. The van der Waals surface area contributed by atoms with Crippen LogP contribution in [0.1, 0.15) is 5.56 Å². The van der Waals surface area contributed by atoms with Crippen LogP contribution in [0.4, 0.5) is 11.4 Å². The van der Waals surface area contributed by atoms with Crippen molar-refractivity contribution in [3.05, 3.63) is 58.1 Å². The fourth-order valence-corrected chi connectivity index (χ4v) is 2.04. The minimum atomic E-state index is -0.537. The molecule has 0 radical (unpaired) electrons. The van der Waals surface area contributed by atoms with Crippen molar-refractivity contribution < 1.29 is 10.0 Å². The van der Waals surface area contributed by atoms with Crippen LogP contribution < -0.4 is 5.11 Å². The summed E-state index contributed by atoms with van der Waals surface area (Å²) in [6, 6.07) is 11.1. The zero-order chi connectivity index (χ0) is 14.5. The predicted molar refractivity (Wildman–Crippen MR) is 78.0 cm³/mol. The van der Waals surface area contributed by atoms with Gasteiger partial charge in [0, 0.05) is 23.2 Å². The van der Waals surface area contributed by atoms with Crippen molar-refractivity contribution in [3.8, 4) is 5.75 Å². The molecule has 102 valence electrons. The first-order valence-corrected chi connectivity index (χ1v) is 6.96.